The summed E-state index contributed by atoms with van der Waals surface area (Å²) in [5.74, 6) is 2.44. The third-order valence-corrected chi connectivity index (χ3v) is 2.47. The molecule has 1 heterocycles. The van der Waals surface area contributed by atoms with Crippen molar-refractivity contribution in [2.75, 3.05) is 20.2 Å². The first-order chi connectivity index (χ1) is 8.20. The van der Waals surface area contributed by atoms with Crippen molar-refractivity contribution in [2.24, 2.45) is 4.99 Å². The number of nitrogens with one attached hydrogen (secondary N) is 1. The van der Waals surface area contributed by atoms with Crippen molar-refractivity contribution in [3.05, 3.63) is 23.8 Å². The molecule has 4 heteroatoms. The predicted octanol–water partition coefficient (Wildman–Crippen LogP) is 1.83. The molecule has 0 unspecified atom stereocenters. The average molecular weight is 234 g/mol. The van der Waals surface area contributed by atoms with Crippen molar-refractivity contribution in [3.8, 4) is 11.5 Å². The number of rotatable bonds is 4. The number of benzene rings is 1. The van der Waals surface area contributed by atoms with Crippen LogP contribution in [0.4, 0.5) is 0 Å². The first-order valence-corrected chi connectivity index (χ1v) is 5.84. The van der Waals surface area contributed by atoms with E-state index in [0.717, 1.165) is 36.0 Å². The number of aliphatic imine (C=N–C) groups is 1. The molecule has 0 saturated heterocycles. The van der Waals surface area contributed by atoms with Crippen molar-refractivity contribution in [1.82, 2.24) is 5.32 Å². The van der Waals surface area contributed by atoms with E-state index < -0.39 is 0 Å². The lowest BCUT2D eigenvalue weighted by molar-refractivity contribution is 0.230. The minimum Gasteiger partial charge on any atom is -0.493 e. The van der Waals surface area contributed by atoms with Gasteiger partial charge in [0.25, 0.3) is 0 Å². The summed E-state index contributed by atoms with van der Waals surface area (Å²) in [6, 6.07) is 5.88. The monoisotopic (exact) mass is 234 g/mol. The molecule has 1 aromatic carbocycles. The van der Waals surface area contributed by atoms with Crippen LogP contribution in [0.3, 0.4) is 0 Å². The molecule has 0 aromatic heterocycles. The van der Waals surface area contributed by atoms with Crippen LogP contribution in [0.25, 0.3) is 0 Å². The van der Waals surface area contributed by atoms with Crippen LogP contribution in [0.2, 0.25) is 0 Å². The first-order valence-electron chi connectivity index (χ1n) is 5.84. The Morgan fingerprint density at radius 2 is 2.12 bits per heavy atom. The van der Waals surface area contributed by atoms with Gasteiger partial charge in [0.1, 0.15) is 5.84 Å². The van der Waals surface area contributed by atoms with Gasteiger partial charge < -0.3 is 14.8 Å². The molecular formula is C13H18N2O2. The van der Waals surface area contributed by atoms with Gasteiger partial charge in [-0.15, -0.1) is 0 Å². The summed E-state index contributed by atoms with van der Waals surface area (Å²) < 4.78 is 11.0. The van der Waals surface area contributed by atoms with Gasteiger partial charge >= 0.3 is 0 Å². The Balaban J connectivity index is 2.27. The normalized spacial score (nSPS) is 14.5. The number of amidine groups is 1. The minimum absolute atomic E-state index is 0.136. The molecule has 1 aliphatic rings. The lowest BCUT2D eigenvalue weighted by Gasteiger charge is -2.14. The molecule has 0 radical (unpaired) electrons. The molecule has 1 N–H and O–H groups in total. The third-order valence-electron chi connectivity index (χ3n) is 2.47. The number of ether oxygens (including phenoxy) is 2. The quantitative estimate of drug-likeness (QED) is 0.864. The van der Waals surface area contributed by atoms with E-state index in [1.165, 1.54) is 0 Å². The molecule has 2 rings (SSSR count). The molecule has 0 atom stereocenters. The Bertz CT molecular complexity index is 427. The van der Waals surface area contributed by atoms with E-state index in [-0.39, 0.29) is 6.10 Å². The summed E-state index contributed by atoms with van der Waals surface area (Å²) in [6.07, 6.45) is 0.136. The van der Waals surface area contributed by atoms with E-state index >= 15 is 0 Å². The molecule has 1 aliphatic heterocycles. The Morgan fingerprint density at radius 3 is 2.71 bits per heavy atom. The van der Waals surface area contributed by atoms with Crippen molar-refractivity contribution >= 4 is 5.84 Å². The lowest BCUT2D eigenvalue weighted by Crippen LogP contribution is -2.19. The Labute approximate surface area is 102 Å². The maximum absolute atomic E-state index is 5.67. The van der Waals surface area contributed by atoms with Gasteiger partial charge in [0.05, 0.1) is 19.8 Å². The van der Waals surface area contributed by atoms with E-state index in [9.17, 15) is 0 Å². The summed E-state index contributed by atoms with van der Waals surface area (Å²) in [7, 11) is 1.65. The fourth-order valence-corrected chi connectivity index (χ4v) is 1.76. The third kappa shape index (κ3) is 2.70. The molecule has 1 aromatic rings. The molecule has 0 fully saturated rings. The van der Waals surface area contributed by atoms with Crippen LogP contribution in [0.15, 0.2) is 23.2 Å². The number of methoxy groups -OCH3 is 1. The van der Waals surface area contributed by atoms with Gasteiger partial charge in [-0.25, -0.2) is 0 Å². The second-order valence-corrected chi connectivity index (χ2v) is 4.19. The summed E-state index contributed by atoms with van der Waals surface area (Å²) >= 11 is 0. The van der Waals surface area contributed by atoms with Gasteiger partial charge in [0.15, 0.2) is 11.5 Å². The van der Waals surface area contributed by atoms with Crippen molar-refractivity contribution in [1.29, 1.82) is 0 Å². The van der Waals surface area contributed by atoms with E-state index in [1.807, 2.05) is 32.0 Å². The van der Waals surface area contributed by atoms with Crippen LogP contribution >= 0.6 is 0 Å². The second kappa shape index (κ2) is 5.08. The SMILES string of the molecule is COc1cc(C2=NCCN2)ccc1OC(C)C. The Kier molecular flexibility index (Phi) is 3.52. The van der Waals surface area contributed by atoms with Gasteiger partial charge in [0, 0.05) is 12.1 Å². The molecule has 0 spiro atoms. The van der Waals surface area contributed by atoms with Crippen LogP contribution < -0.4 is 14.8 Å². The maximum atomic E-state index is 5.67. The number of hydrogen-bond acceptors (Lipinski definition) is 4. The fourth-order valence-electron chi connectivity index (χ4n) is 1.76. The van der Waals surface area contributed by atoms with Crippen molar-refractivity contribution in [3.63, 3.8) is 0 Å². The highest BCUT2D eigenvalue weighted by molar-refractivity contribution is 6.00. The highest BCUT2D eigenvalue weighted by Gasteiger charge is 2.12. The molecule has 4 nitrogen and oxygen atoms in total. The van der Waals surface area contributed by atoms with Crippen LogP contribution in [0, 0.1) is 0 Å². The van der Waals surface area contributed by atoms with Gasteiger partial charge in [0.2, 0.25) is 0 Å². The minimum atomic E-state index is 0.136. The Hall–Kier alpha value is -1.71. The van der Waals surface area contributed by atoms with E-state index in [1.54, 1.807) is 7.11 Å². The predicted molar refractivity (Wildman–Crippen MR) is 68.2 cm³/mol. The van der Waals surface area contributed by atoms with E-state index in [2.05, 4.69) is 10.3 Å². The van der Waals surface area contributed by atoms with E-state index in [4.69, 9.17) is 9.47 Å². The molecular weight excluding hydrogens is 216 g/mol. The molecule has 0 saturated carbocycles. The zero-order valence-corrected chi connectivity index (χ0v) is 10.5. The molecule has 92 valence electrons. The largest absolute Gasteiger partial charge is 0.493 e. The highest BCUT2D eigenvalue weighted by atomic mass is 16.5. The second-order valence-electron chi connectivity index (χ2n) is 4.19. The van der Waals surface area contributed by atoms with Gasteiger partial charge in [-0.2, -0.15) is 0 Å². The summed E-state index contributed by atoms with van der Waals surface area (Å²) in [5.41, 5.74) is 1.04. The molecule has 0 bridgehead atoms. The van der Waals surface area contributed by atoms with Crippen LogP contribution in [-0.2, 0) is 0 Å². The molecule has 17 heavy (non-hydrogen) atoms. The summed E-state index contributed by atoms with van der Waals surface area (Å²) in [6.45, 7) is 5.73. The van der Waals surface area contributed by atoms with Crippen LogP contribution in [-0.4, -0.2) is 32.1 Å². The van der Waals surface area contributed by atoms with Crippen molar-refractivity contribution < 1.29 is 9.47 Å². The Morgan fingerprint density at radius 1 is 1.29 bits per heavy atom. The molecule has 0 aliphatic carbocycles. The van der Waals surface area contributed by atoms with Gasteiger partial charge in [-0.1, -0.05) is 0 Å². The summed E-state index contributed by atoms with van der Waals surface area (Å²) in [4.78, 5) is 4.38. The number of nitrogens with zero attached hydrogens (tertiary/aromatic N) is 1. The van der Waals surface area contributed by atoms with Crippen LogP contribution in [0.5, 0.6) is 11.5 Å². The standard InChI is InChI=1S/C13H18N2O2/c1-9(2)17-11-5-4-10(8-12(11)16-3)13-14-6-7-15-13/h4-5,8-9H,6-7H2,1-3H3,(H,14,15). The average Bonchev–Trinajstić information content (AvgIpc) is 2.82. The first kappa shape index (κ1) is 11.8. The van der Waals surface area contributed by atoms with Gasteiger partial charge in [-0.3, -0.25) is 4.99 Å². The zero-order chi connectivity index (χ0) is 12.3. The maximum Gasteiger partial charge on any atom is 0.161 e. The highest BCUT2D eigenvalue weighted by Crippen LogP contribution is 2.29. The lowest BCUT2D eigenvalue weighted by atomic mass is 10.2. The molecule has 0 amide bonds. The number of hydrogen-bond donors (Lipinski definition) is 1. The van der Waals surface area contributed by atoms with Crippen molar-refractivity contribution in [2.45, 2.75) is 20.0 Å². The summed E-state index contributed by atoms with van der Waals surface area (Å²) in [5, 5.41) is 3.24. The van der Waals surface area contributed by atoms with E-state index in [0.29, 0.717) is 0 Å². The van der Waals surface area contributed by atoms with Crippen LogP contribution in [0.1, 0.15) is 19.4 Å². The zero-order valence-electron chi connectivity index (χ0n) is 10.5. The fraction of sp³-hybridized carbons (Fsp3) is 0.462. The van der Waals surface area contributed by atoms with Gasteiger partial charge in [-0.05, 0) is 32.0 Å². The topological polar surface area (TPSA) is 42.8 Å². The smallest absolute Gasteiger partial charge is 0.161 e.